The molecule has 0 aliphatic rings. The average molecular weight is 337 g/mol. The molecule has 1 aromatic carbocycles. The van der Waals surface area contributed by atoms with Gasteiger partial charge in [0.05, 0.1) is 4.90 Å². The maximum absolute atomic E-state index is 13.2. The molecule has 0 aliphatic heterocycles. The zero-order chi connectivity index (χ0) is 13.9. The first-order chi connectivity index (χ1) is 8.20. The molecule has 0 radical (unpaired) electrons. The van der Waals surface area contributed by atoms with E-state index in [0.29, 0.717) is 4.48 Å². The molecule has 0 saturated heterocycles. The molecule has 1 amide bonds. The van der Waals surface area contributed by atoms with Gasteiger partial charge in [-0.15, -0.1) is 0 Å². The molecule has 0 bridgehead atoms. The van der Waals surface area contributed by atoms with Crippen LogP contribution in [-0.4, -0.2) is 20.9 Å². The highest BCUT2D eigenvalue weighted by Gasteiger charge is 2.14. The molecule has 0 heterocycles. The predicted molar refractivity (Wildman–Crippen MR) is 68.2 cm³/mol. The van der Waals surface area contributed by atoms with Gasteiger partial charge in [0.15, 0.2) is 0 Å². The van der Waals surface area contributed by atoms with Gasteiger partial charge in [-0.3, -0.25) is 4.79 Å². The third kappa shape index (κ3) is 4.21. The van der Waals surface area contributed by atoms with Crippen molar-refractivity contribution in [2.75, 3.05) is 6.54 Å². The Balaban J connectivity index is 3.07. The summed E-state index contributed by atoms with van der Waals surface area (Å²) in [5, 5.41) is 7.29. The molecule has 0 fully saturated rings. The molecule has 0 unspecified atom stereocenters. The number of rotatable bonds is 4. The largest absolute Gasteiger partial charge is 0.347 e. The first kappa shape index (κ1) is 14.8. The minimum Gasteiger partial charge on any atom is -0.347 e. The van der Waals surface area contributed by atoms with Crippen LogP contribution in [0.2, 0.25) is 0 Å². The Bertz CT molecular complexity index is 601. The lowest BCUT2D eigenvalue weighted by Crippen LogP contribution is -2.25. The number of benzene rings is 1. The van der Waals surface area contributed by atoms with E-state index in [0.717, 1.165) is 18.2 Å². The third-order valence-electron chi connectivity index (χ3n) is 1.90. The molecule has 0 saturated carbocycles. The molecular weight excluding hydrogens is 327 g/mol. The summed E-state index contributed by atoms with van der Waals surface area (Å²) in [6.07, 6.45) is 0. The van der Waals surface area contributed by atoms with Crippen molar-refractivity contribution in [2.45, 2.75) is 4.90 Å². The van der Waals surface area contributed by atoms with E-state index in [-0.39, 0.29) is 12.1 Å². The summed E-state index contributed by atoms with van der Waals surface area (Å²) in [7, 11) is -4.06. The number of hydrogen-bond donors (Lipinski definition) is 2. The van der Waals surface area contributed by atoms with Gasteiger partial charge in [0.2, 0.25) is 10.0 Å². The number of nitrogens with one attached hydrogen (secondary N) is 1. The summed E-state index contributed by atoms with van der Waals surface area (Å²) < 4.78 is 35.9. The maximum atomic E-state index is 13.2. The normalized spacial score (nSPS) is 11.1. The lowest BCUT2D eigenvalue weighted by Gasteiger charge is -2.06. The van der Waals surface area contributed by atoms with Crippen molar-refractivity contribution in [2.24, 2.45) is 5.14 Å². The van der Waals surface area contributed by atoms with Gasteiger partial charge in [0.25, 0.3) is 5.91 Å². The van der Waals surface area contributed by atoms with E-state index in [1.54, 1.807) is 0 Å². The van der Waals surface area contributed by atoms with Crippen molar-refractivity contribution in [1.29, 1.82) is 0 Å². The summed E-state index contributed by atoms with van der Waals surface area (Å²) >= 11 is 3.04. The highest BCUT2D eigenvalue weighted by Crippen LogP contribution is 2.13. The van der Waals surface area contributed by atoms with Gasteiger partial charge in [-0.05, 0) is 18.2 Å². The van der Waals surface area contributed by atoms with Crippen LogP contribution < -0.4 is 10.5 Å². The monoisotopic (exact) mass is 336 g/mol. The molecule has 8 heteroatoms. The molecule has 1 rings (SSSR count). The molecule has 3 N–H and O–H groups in total. The first-order valence-corrected chi connectivity index (χ1v) is 6.99. The van der Waals surface area contributed by atoms with E-state index < -0.39 is 26.6 Å². The quantitative estimate of drug-likeness (QED) is 0.863. The van der Waals surface area contributed by atoms with Gasteiger partial charge >= 0.3 is 0 Å². The zero-order valence-electron chi connectivity index (χ0n) is 9.11. The standard InChI is InChI=1S/C10H10BrFN2O3S/c1-6(11)5-14-10(15)7-2-8(12)4-9(3-7)18(13,16)17/h2-4H,1,5H2,(H,14,15)(H2,13,16,17). The van der Waals surface area contributed by atoms with Gasteiger partial charge in [-0.2, -0.15) is 0 Å². The minimum absolute atomic E-state index is 0.132. The number of carbonyl (C=O) groups is 1. The van der Waals surface area contributed by atoms with Gasteiger partial charge in [0.1, 0.15) is 5.82 Å². The second-order valence-corrected chi connectivity index (χ2v) is 6.10. The minimum atomic E-state index is -4.06. The Labute approximate surface area is 112 Å². The molecule has 98 valence electrons. The van der Waals surface area contributed by atoms with Gasteiger partial charge in [-0.25, -0.2) is 17.9 Å². The average Bonchev–Trinajstić information content (AvgIpc) is 2.23. The van der Waals surface area contributed by atoms with Crippen LogP contribution in [0, 0.1) is 5.82 Å². The van der Waals surface area contributed by atoms with Crippen LogP contribution in [-0.2, 0) is 10.0 Å². The van der Waals surface area contributed by atoms with E-state index in [1.807, 2.05) is 0 Å². The second-order valence-electron chi connectivity index (χ2n) is 3.42. The fraction of sp³-hybridized carbons (Fsp3) is 0.100. The number of carbonyl (C=O) groups excluding carboxylic acids is 1. The van der Waals surface area contributed by atoms with Crippen LogP contribution in [0.15, 0.2) is 34.2 Å². The summed E-state index contributed by atoms with van der Waals surface area (Å²) in [6, 6.07) is 2.67. The molecule has 0 aromatic heterocycles. The summed E-state index contributed by atoms with van der Waals surface area (Å²) in [6.45, 7) is 3.65. The molecule has 5 nitrogen and oxygen atoms in total. The fourth-order valence-electron chi connectivity index (χ4n) is 1.14. The number of halogens is 2. The summed E-state index contributed by atoms with van der Waals surface area (Å²) in [5.74, 6) is -1.48. The van der Waals surface area contributed by atoms with Crippen LogP contribution in [0.3, 0.4) is 0 Å². The van der Waals surface area contributed by atoms with E-state index in [9.17, 15) is 17.6 Å². The highest BCUT2D eigenvalue weighted by molar-refractivity contribution is 9.11. The molecule has 18 heavy (non-hydrogen) atoms. The SMILES string of the molecule is C=C(Br)CNC(=O)c1cc(F)cc(S(N)(=O)=O)c1. The van der Waals surface area contributed by atoms with Gasteiger partial charge < -0.3 is 5.32 Å². The van der Waals surface area contributed by atoms with Crippen LogP contribution in [0.25, 0.3) is 0 Å². The number of primary sulfonamides is 1. The predicted octanol–water partition coefficient (Wildman–Crippen LogP) is 1.11. The third-order valence-corrected chi connectivity index (χ3v) is 3.08. The second kappa shape index (κ2) is 5.59. The van der Waals surface area contributed by atoms with Crippen molar-refractivity contribution in [3.63, 3.8) is 0 Å². The maximum Gasteiger partial charge on any atom is 0.251 e. The summed E-state index contributed by atoms with van der Waals surface area (Å²) in [4.78, 5) is 11.2. The van der Waals surface area contributed by atoms with E-state index >= 15 is 0 Å². The number of nitrogens with two attached hydrogens (primary N) is 1. The van der Waals surface area contributed by atoms with Crippen molar-refractivity contribution in [1.82, 2.24) is 5.32 Å². The van der Waals surface area contributed by atoms with Crippen LogP contribution in [0.5, 0.6) is 0 Å². The molecule has 0 spiro atoms. The number of amides is 1. The van der Waals surface area contributed by atoms with Gasteiger partial charge in [0, 0.05) is 16.6 Å². The van der Waals surface area contributed by atoms with Crippen LogP contribution in [0.4, 0.5) is 4.39 Å². The van der Waals surface area contributed by atoms with Gasteiger partial charge in [-0.1, -0.05) is 22.5 Å². The Morgan fingerprint density at radius 1 is 1.44 bits per heavy atom. The zero-order valence-corrected chi connectivity index (χ0v) is 11.5. The Morgan fingerprint density at radius 2 is 2.06 bits per heavy atom. The Kier molecular flexibility index (Phi) is 4.60. The topological polar surface area (TPSA) is 89.3 Å². The smallest absolute Gasteiger partial charge is 0.251 e. The number of hydrogen-bond acceptors (Lipinski definition) is 3. The van der Waals surface area contributed by atoms with Crippen LogP contribution >= 0.6 is 15.9 Å². The van der Waals surface area contributed by atoms with E-state index in [2.05, 4.69) is 27.8 Å². The molecule has 0 atom stereocenters. The summed E-state index contributed by atoms with van der Waals surface area (Å²) in [5.41, 5.74) is -0.132. The Morgan fingerprint density at radius 3 is 2.56 bits per heavy atom. The van der Waals surface area contributed by atoms with E-state index in [1.165, 1.54) is 0 Å². The van der Waals surface area contributed by atoms with Crippen molar-refractivity contribution in [3.05, 3.63) is 40.6 Å². The molecule has 1 aromatic rings. The van der Waals surface area contributed by atoms with E-state index in [4.69, 9.17) is 5.14 Å². The first-order valence-electron chi connectivity index (χ1n) is 4.65. The lowest BCUT2D eigenvalue weighted by molar-refractivity contribution is 0.0957. The Hall–Kier alpha value is -1.25. The number of sulfonamides is 1. The van der Waals surface area contributed by atoms with Crippen molar-refractivity contribution < 1.29 is 17.6 Å². The van der Waals surface area contributed by atoms with Crippen LogP contribution in [0.1, 0.15) is 10.4 Å². The van der Waals surface area contributed by atoms with Crippen molar-refractivity contribution >= 4 is 31.9 Å². The molecule has 0 aliphatic carbocycles. The lowest BCUT2D eigenvalue weighted by atomic mass is 10.2. The van der Waals surface area contributed by atoms with Crippen molar-refractivity contribution in [3.8, 4) is 0 Å². The highest BCUT2D eigenvalue weighted by atomic mass is 79.9. The fourth-order valence-corrected chi connectivity index (χ4v) is 1.84. The molecular formula is C10H10BrFN2O3S.